The molecule has 3 nitrogen and oxygen atoms in total. The van der Waals surface area contributed by atoms with E-state index in [4.69, 9.17) is 4.74 Å². The lowest BCUT2D eigenvalue weighted by atomic mass is 9.72. The molecule has 1 aliphatic carbocycles. The molecule has 0 aromatic heterocycles. The van der Waals surface area contributed by atoms with Crippen molar-refractivity contribution < 1.29 is 14.3 Å². The first-order chi connectivity index (χ1) is 7.59. The van der Waals surface area contributed by atoms with Crippen molar-refractivity contribution in [3.05, 3.63) is 35.4 Å². The van der Waals surface area contributed by atoms with Gasteiger partial charge in [0.05, 0.1) is 7.11 Å². The number of carbonyl (C=O) groups is 2. The Morgan fingerprint density at radius 3 is 2.75 bits per heavy atom. The first kappa shape index (κ1) is 10.9. The van der Waals surface area contributed by atoms with E-state index in [9.17, 15) is 9.59 Å². The second kappa shape index (κ2) is 3.74. The standard InChI is InChI=1S/C13H14O3/c1-13(12(15)16-2)8-7-9-5-3-4-6-10(9)11(13)14/h3-6H,7-8H2,1-2H3/t13-/m0/s1. The Morgan fingerprint density at radius 1 is 1.38 bits per heavy atom. The summed E-state index contributed by atoms with van der Waals surface area (Å²) in [5.41, 5.74) is 0.666. The Morgan fingerprint density at radius 2 is 2.06 bits per heavy atom. The minimum atomic E-state index is -1.01. The number of benzene rings is 1. The summed E-state index contributed by atoms with van der Waals surface area (Å²) in [6.07, 6.45) is 1.27. The summed E-state index contributed by atoms with van der Waals surface area (Å²) in [5, 5.41) is 0. The van der Waals surface area contributed by atoms with Crippen LogP contribution in [0.2, 0.25) is 0 Å². The molecule has 1 aromatic rings. The van der Waals surface area contributed by atoms with Crippen LogP contribution in [0.1, 0.15) is 29.3 Å². The van der Waals surface area contributed by atoms with Gasteiger partial charge in [-0.25, -0.2) is 0 Å². The maximum absolute atomic E-state index is 12.2. The van der Waals surface area contributed by atoms with Crippen LogP contribution in [0.3, 0.4) is 0 Å². The van der Waals surface area contributed by atoms with Gasteiger partial charge in [-0.2, -0.15) is 0 Å². The third kappa shape index (κ3) is 1.43. The number of carbonyl (C=O) groups excluding carboxylic acids is 2. The molecule has 0 radical (unpaired) electrons. The molecule has 84 valence electrons. The monoisotopic (exact) mass is 218 g/mol. The second-order valence-corrected chi connectivity index (χ2v) is 4.31. The highest BCUT2D eigenvalue weighted by atomic mass is 16.5. The highest BCUT2D eigenvalue weighted by Gasteiger charge is 2.45. The Bertz CT molecular complexity index is 450. The highest BCUT2D eigenvalue weighted by Crippen LogP contribution is 2.35. The molecular weight excluding hydrogens is 204 g/mol. The molecule has 0 aliphatic heterocycles. The highest BCUT2D eigenvalue weighted by molar-refractivity contribution is 6.13. The van der Waals surface area contributed by atoms with E-state index >= 15 is 0 Å². The first-order valence-corrected chi connectivity index (χ1v) is 5.31. The number of rotatable bonds is 1. The van der Waals surface area contributed by atoms with Gasteiger partial charge in [0.1, 0.15) is 5.41 Å². The predicted octanol–water partition coefficient (Wildman–Crippen LogP) is 1.99. The molecule has 1 aliphatic rings. The van der Waals surface area contributed by atoms with Gasteiger partial charge in [0.15, 0.2) is 5.78 Å². The third-order valence-corrected chi connectivity index (χ3v) is 3.29. The van der Waals surface area contributed by atoms with Crippen LogP contribution in [0.15, 0.2) is 24.3 Å². The van der Waals surface area contributed by atoms with Crippen molar-refractivity contribution in [2.24, 2.45) is 5.41 Å². The summed E-state index contributed by atoms with van der Waals surface area (Å²) in [6.45, 7) is 1.66. The largest absolute Gasteiger partial charge is 0.468 e. The molecule has 2 rings (SSSR count). The minimum absolute atomic E-state index is 0.124. The van der Waals surface area contributed by atoms with Gasteiger partial charge in [-0.15, -0.1) is 0 Å². The van der Waals surface area contributed by atoms with E-state index in [1.807, 2.05) is 18.2 Å². The zero-order valence-corrected chi connectivity index (χ0v) is 9.45. The molecule has 0 saturated heterocycles. The number of ketones is 1. The molecule has 0 fully saturated rings. The maximum Gasteiger partial charge on any atom is 0.319 e. The van der Waals surface area contributed by atoms with Crippen molar-refractivity contribution in [2.45, 2.75) is 19.8 Å². The molecule has 0 N–H and O–H groups in total. The topological polar surface area (TPSA) is 43.4 Å². The molecule has 1 aromatic carbocycles. The van der Waals surface area contributed by atoms with Gasteiger partial charge in [-0.05, 0) is 25.3 Å². The van der Waals surface area contributed by atoms with E-state index in [0.29, 0.717) is 12.0 Å². The maximum atomic E-state index is 12.2. The molecule has 0 spiro atoms. The number of Topliss-reactive ketones (excluding diaryl/α,β-unsaturated/α-hetero) is 1. The van der Waals surface area contributed by atoms with Crippen LogP contribution in [0.4, 0.5) is 0 Å². The Balaban J connectivity index is 2.45. The van der Waals surface area contributed by atoms with Crippen LogP contribution in [-0.2, 0) is 16.0 Å². The second-order valence-electron chi connectivity index (χ2n) is 4.31. The van der Waals surface area contributed by atoms with Crippen molar-refractivity contribution in [1.82, 2.24) is 0 Å². The lowest BCUT2D eigenvalue weighted by Gasteiger charge is -2.30. The molecule has 0 heterocycles. The molecular formula is C13H14O3. The fraction of sp³-hybridized carbons (Fsp3) is 0.385. The number of methoxy groups -OCH3 is 1. The Kier molecular flexibility index (Phi) is 2.54. The van der Waals surface area contributed by atoms with Crippen molar-refractivity contribution in [3.8, 4) is 0 Å². The summed E-state index contributed by atoms with van der Waals surface area (Å²) in [4.78, 5) is 23.9. The fourth-order valence-corrected chi connectivity index (χ4v) is 2.18. The molecule has 0 bridgehead atoms. The molecule has 3 heteroatoms. The van der Waals surface area contributed by atoms with E-state index in [-0.39, 0.29) is 5.78 Å². The summed E-state index contributed by atoms with van der Waals surface area (Å²) >= 11 is 0. The lowest BCUT2D eigenvalue weighted by Crippen LogP contribution is -2.41. The molecule has 16 heavy (non-hydrogen) atoms. The minimum Gasteiger partial charge on any atom is -0.468 e. The van der Waals surface area contributed by atoms with Crippen LogP contribution >= 0.6 is 0 Å². The SMILES string of the molecule is COC(=O)[C@@]1(C)CCc2ccccc2C1=O. The van der Waals surface area contributed by atoms with Crippen LogP contribution < -0.4 is 0 Å². The van der Waals surface area contributed by atoms with Crippen LogP contribution in [0.25, 0.3) is 0 Å². The number of esters is 1. The summed E-state index contributed by atoms with van der Waals surface area (Å²) in [5.74, 6) is -0.562. The van der Waals surface area contributed by atoms with Gasteiger partial charge in [0, 0.05) is 5.56 Å². The predicted molar refractivity (Wildman–Crippen MR) is 59.2 cm³/mol. The van der Waals surface area contributed by atoms with E-state index in [1.165, 1.54) is 7.11 Å². The van der Waals surface area contributed by atoms with E-state index < -0.39 is 11.4 Å². The third-order valence-electron chi connectivity index (χ3n) is 3.29. The van der Waals surface area contributed by atoms with Gasteiger partial charge in [0.2, 0.25) is 0 Å². The fourth-order valence-electron chi connectivity index (χ4n) is 2.18. The van der Waals surface area contributed by atoms with Crippen LogP contribution in [0.5, 0.6) is 0 Å². The summed E-state index contributed by atoms with van der Waals surface area (Å²) in [7, 11) is 1.32. The van der Waals surface area contributed by atoms with Gasteiger partial charge < -0.3 is 4.74 Å². The van der Waals surface area contributed by atoms with Gasteiger partial charge in [-0.1, -0.05) is 24.3 Å². The van der Waals surface area contributed by atoms with Crippen molar-refractivity contribution >= 4 is 11.8 Å². The van der Waals surface area contributed by atoms with Gasteiger partial charge in [-0.3, -0.25) is 9.59 Å². The quantitative estimate of drug-likeness (QED) is 0.535. The Hall–Kier alpha value is -1.64. The van der Waals surface area contributed by atoms with Crippen molar-refractivity contribution in [2.75, 3.05) is 7.11 Å². The number of hydrogen-bond acceptors (Lipinski definition) is 3. The average Bonchev–Trinajstić information content (AvgIpc) is 2.33. The average molecular weight is 218 g/mol. The normalized spacial score (nSPS) is 23.8. The Labute approximate surface area is 94.4 Å². The zero-order chi connectivity index (χ0) is 11.8. The molecule has 0 amide bonds. The van der Waals surface area contributed by atoms with Crippen molar-refractivity contribution in [1.29, 1.82) is 0 Å². The number of aryl methyl sites for hydroxylation is 1. The molecule has 0 saturated carbocycles. The van der Waals surface area contributed by atoms with Crippen LogP contribution in [-0.4, -0.2) is 18.9 Å². The van der Waals surface area contributed by atoms with E-state index in [1.54, 1.807) is 13.0 Å². The number of fused-ring (bicyclic) bond motifs is 1. The van der Waals surface area contributed by atoms with E-state index in [0.717, 1.165) is 12.0 Å². The van der Waals surface area contributed by atoms with Crippen molar-refractivity contribution in [3.63, 3.8) is 0 Å². The first-order valence-electron chi connectivity index (χ1n) is 5.31. The lowest BCUT2D eigenvalue weighted by molar-refractivity contribution is -0.149. The number of hydrogen-bond donors (Lipinski definition) is 0. The zero-order valence-electron chi connectivity index (χ0n) is 9.45. The molecule has 1 atom stereocenters. The summed E-state index contributed by atoms with van der Waals surface area (Å²) < 4.78 is 4.72. The van der Waals surface area contributed by atoms with Crippen LogP contribution in [0, 0.1) is 5.41 Å². The van der Waals surface area contributed by atoms with Gasteiger partial charge >= 0.3 is 5.97 Å². The van der Waals surface area contributed by atoms with Gasteiger partial charge in [0.25, 0.3) is 0 Å². The molecule has 0 unspecified atom stereocenters. The van der Waals surface area contributed by atoms with E-state index in [2.05, 4.69) is 0 Å². The number of ether oxygens (including phenoxy) is 1. The summed E-state index contributed by atoms with van der Waals surface area (Å²) in [6, 6.07) is 7.44. The smallest absolute Gasteiger partial charge is 0.319 e.